The fourth-order valence-electron chi connectivity index (χ4n) is 3.26. The molecule has 0 saturated carbocycles. The molecule has 0 unspecified atom stereocenters. The topological polar surface area (TPSA) is 84.9 Å². The van der Waals surface area contributed by atoms with Crippen molar-refractivity contribution in [3.63, 3.8) is 0 Å². The highest BCUT2D eigenvalue weighted by molar-refractivity contribution is 7.92. The number of amides is 1. The average molecular weight is 483 g/mol. The zero-order valence-corrected chi connectivity index (χ0v) is 20.4. The van der Waals surface area contributed by atoms with E-state index in [2.05, 4.69) is 5.32 Å². The van der Waals surface area contributed by atoms with Crippen LogP contribution in [0.4, 0.5) is 5.69 Å². The summed E-state index contributed by atoms with van der Waals surface area (Å²) in [6, 6.07) is 22.1. The maximum Gasteiger partial charge on any atom is 0.264 e. The lowest BCUT2D eigenvalue weighted by Crippen LogP contribution is -2.40. The Morgan fingerprint density at radius 1 is 0.912 bits per heavy atom. The van der Waals surface area contributed by atoms with Crippen LogP contribution in [0.1, 0.15) is 26.3 Å². The van der Waals surface area contributed by atoms with Crippen molar-refractivity contribution in [3.05, 3.63) is 84.4 Å². The molecule has 3 rings (SSSR count). The lowest BCUT2D eigenvalue weighted by Gasteiger charge is -2.24. The lowest BCUT2D eigenvalue weighted by atomic mass is 10.2. The fourth-order valence-corrected chi connectivity index (χ4v) is 4.70. The van der Waals surface area contributed by atoms with Gasteiger partial charge in [-0.25, -0.2) is 8.42 Å². The van der Waals surface area contributed by atoms with E-state index < -0.39 is 15.9 Å². The summed E-state index contributed by atoms with van der Waals surface area (Å²) in [5.41, 5.74) is 1.25. The minimum Gasteiger partial charge on any atom is -0.494 e. The first-order valence-corrected chi connectivity index (χ1v) is 12.6. The van der Waals surface area contributed by atoms with Gasteiger partial charge in [0, 0.05) is 6.54 Å². The number of hydrogen-bond donors (Lipinski definition) is 1. The van der Waals surface area contributed by atoms with Crippen molar-refractivity contribution in [2.75, 3.05) is 17.5 Å². The SMILES string of the molecule is CCOc1ccc(N(CC(=O)NCc2ccc(OC(C)C)cc2)S(=O)(=O)c2ccccc2)cc1. The van der Waals surface area contributed by atoms with Crippen LogP contribution in [0.3, 0.4) is 0 Å². The third-order valence-electron chi connectivity index (χ3n) is 4.84. The molecule has 180 valence electrons. The smallest absolute Gasteiger partial charge is 0.264 e. The molecule has 0 atom stereocenters. The second-order valence-corrected chi connectivity index (χ2v) is 9.70. The Balaban J connectivity index is 1.76. The minimum atomic E-state index is -3.96. The third-order valence-corrected chi connectivity index (χ3v) is 6.63. The minimum absolute atomic E-state index is 0.0747. The number of hydrogen-bond acceptors (Lipinski definition) is 5. The van der Waals surface area contributed by atoms with Crippen LogP contribution in [0.5, 0.6) is 11.5 Å². The summed E-state index contributed by atoms with van der Waals surface area (Å²) < 4.78 is 38.9. The molecule has 0 aromatic heterocycles. The van der Waals surface area contributed by atoms with Crippen LogP contribution in [-0.2, 0) is 21.4 Å². The molecule has 0 spiro atoms. The van der Waals surface area contributed by atoms with Crippen molar-refractivity contribution in [3.8, 4) is 11.5 Å². The number of nitrogens with one attached hydrogen (secondary N) is 1. The molecule has 7 nitrogen and oxygen atoms in total. The van der Waals surface area contributed by atoms with Crippen LogP contribution in [0.2, 0.25) is 0 Å². The second kappa shape index (κ2) is 11.6. The van der Waals surface area contributed by atoms with E-state index in [-0.39, 0.29) is 24.1 Å². The molecule has 34 heavy (non-hydrogen) atoms. The lowest BCUT2D eigenvalue weighted by molar-refractivity contribution is -0.119. The fraction of sp³-hybridized carbons (Fsp3) is 0.269. The van der Waals surface area contributed by atoms with Gasteiger partial charge in [0.2, 0.25) is 5.91 Å². The monoisotopic (exact) mass is 482 g/mol. The van der Waals surface area contributed by atoms with E-state index in [0.717, 1.165) is 15.6 Å². The molecule has 0 bridgehead atoms. The molecule has 3 aromatic rings. The van der Waals surface area contributed by atoms with E-state index in [9.17, 15) is 13.2 Å². The number of sulfonamides is 1. The van der Waals surface area contributed by atoms with Crippen molar-refractivity contribution in [2.24, 2.45) is 0 Å². The van der Waals surface area contributed by atoms with Gasteiger partial charge in [-0.15, -0.1) is 0 Å². The van der Waals surface area contributed by atoms with Crippen molar-refractivity contribution < 1.29 is 22.7 Å². The van der Waals surface area contributed by atoms with Crippen LogP contribution in [0, 0.1) is 0 Å². The number of ether oxygens (including phenoxy) is 2. The van der Waals surface area contributed by atoms with Crippen LogP contribution in [0.25, 0.3) is 0 Å². The molecule has 1 N–H and O–H groups in total. The molecule has 0 heterocycles. The van der Waals surface area contributed by atoms with Crippen LogP contribution in [0.15, 0.2) is 83.8 Å². The molecular formula is C26H30N2O5S. The number of nitrogens with zero attached hydrogens (tertiary/aromatic N) is 1. The summed E-state index contributed by atoms with van der Waals surface area (Å²) in [5.74, 6) is 0.953. The molecular weight excluding hydrogens is 452 g/mol. The largest absolute Gasteiger partial charge is 0.494 e. The van der Waals surface area contributed by atoms with Crippen molar-refractivity contribution >= 4 is 21.6 Å². The van der Waals surface area contributed by atoms with Gasteiger partial charge in [0.05, 0.1) is 23.3 Å². The Morgan fingerprint density at radius 2 is 1.53 bits per heavy atom. The Bertz CT molecular complexity index is 1160. The van der Waals surface area contributed by atoms with E-state index in [0.29, 0.717) is 18.0 Å². The molecule has 3 aromatic carbocycles. The van der Waals surface area contributed by atoms with Gasteiger partial charge in [0.1, 0.15) is 18.0 Å². The average Bonchev–Trinajstić information content (AvgIpc) is 2.83. The van der Waals surface area contributed by atoms with Gasteiger partial charge in [0.15, 0.2) is 0 Å². The van der Waals surface area contributed by atoms with Gasteiger partial charge >= 0.3 is 0 Å². The van der Waals surface area contributed by atoms with Gasteiger partial charge in [-0.3, -0.25) is 9.10 Å². The van der Waals surface area contributed by atoms with Crippen molar-refractivity contribution in [2.45, 2.75) is 38.3 Å². The van der Waals surface area contributed by atoms with Crippen LogP contribution < -0.4 is 19.1 Å². The van der Waals surface area contributed by atoms with Gasteiger partial charge in [-0.1, -0.05) is 30.3 Å². The number of rotatable bonds is 11. The van der Waals surface area contributed by atoms with E-state index >= 15 is 0 Å². The van der Waals surface area contributed by atoms with E-state index in [4.69, 9.17) is 9.47 Å². The number of benzene rings is 3. The third kappa shape index (κ3) is 6.74. The van der Waals surface area contributed by atoms with Gasteiger partial charge in [-0.05, 0) is 74.9 Å². The Kier molecular flexibility index (Phi) is 8.54. The molecule has 8 heteroatoms. The first-order valence-electron chi connectivity index (χ1n) is 11.1. The Labute approximate surface area is 201 Å². The highest BCUT2D eigenvalue weighted by Crippen LogP contribution is 2.25. The molecule has 1 amide bonds. The molecule has 0 saturated heterocycles. The molecule has 0 aliphatic carbocycles. The Hall–Kier alpha value is -3.52. The molecule has 0 radical (unpaired) electrons. The highest BCUT2D eigenvalue weighted by Gasteiger charge is 2.27. The van der Waals surface area contributed by atoms with Crippen molar-refractivity contribution in [1.82, 2.24) is 5.32 Å². The second-order valence-electron chi connectivity index (χ2n) is 7.84. The maximum absolute atomic E-state index is 13.4. The predicted molar refractivity (Wildman–Crippen MR) is 133 cm³/mol. The first kappa shape index (κ1) is 25.1. The predicted octanol–water partition coefficient (Wildman–Crippen LogP) is 4.38. The van der Waals surface area contributed by atoms with E-state index in [1.54, 1.807) is 42.5 Å². The van der Waals surface area contributed by atoms with E-state index in [1.165, 1.54) is 12.1 Å². The molecule has 0 aliphatic heterocycles. The van der Waals surface area contributed by atoms with Gasteiger partial charge < -0.3 is 14.8 Å². The van der Waals surface area contributed by atoms with Crippen LogP contribution >= 0.6 is 0 Å². The number of carbonyl (C=O) groups excluding carboxylic acids is 1. The van der Waals surface area contributed by atoms with Crippen molar-refractivity contribution in [1.29, 1.82) is 0 Å². The summed E-state index contributed by atoms with van der Waals surface area (Å²) in [7, 11) is -3.96. The number of carbonyl (C=O) groups is 1. The van der Waals surface area contributed by atoms with E-state index in [1.807, 2.05) is 45.0 Å². The normalized spacial score (nSPS) is 11.2. The summed E-state index contributed by atoms with van der Waals surface area (Å²) in [5, 5.41) is 2.80. The van der Waals surface area contributed by atoms with Gasteiger partial charge in [0.25, 0.3) is 10.0 Å². The Morgan fingerprint density at radius 3 is 2.12 bits per heavy atom. The summed E-state index contributed by atoms with van der Waals surface area (Å²) >= 11 is 0. The molecule has 0 fully saturated rings. The standard InChI is InChI=1S/C26H30N2O5S/c1-4-32-23-16-12-22(13-17-23)28(34(30,31)25-8-6-5-7-9-25)19-26(29)27-18-21-10-14-24(15-11-21)33-20(2)3/h5-17,20H,4,18-19H2,1-3H3,(H,27,29). The highest BCUT2D eigenvalue weighted by atomic mass is 32.2. The summed E-state index contributed by atoms with van der Waals surface area (Å²) in [4.78, 5) is 12.9. The first-order chi connectivity index (χ1) is 16.3. The van der Waals surface area contributed by atoms with Crippen LogP contribution in [-0.4, -0.2) is 33.6 Å². The summed E-state index contributed by atoms with van der Waals surface area (Å²) in [6.07, 6.45) is 0.0747. The van der Waals surface area contributed by atoms with Gasteiger partial charge in [-0.2, -0.15) is 0 Å². The zero-order chi connectivity index (χ0) is 24.6. The maximum atomic E-state index is 13.4. The quantitative estimate of drug-likeness (QED) is 0.438. The number of anilines is 1. The summed E-state index contributed by atoms with van der Waals surface area (Å²) in [6.45, 7) is 6.18. The molecule has 0 aliphatic rings. The zero-order valence-electron chi connectivity index (χ0n) is 19.6.